The van der Waals surface area contributed by atoms with E-state index in [9.17, 15) is 21.6 Å². The van der Waals surface area contributed by atoms with Crippen LogP contribution in [0.3, 0.4) is 0 Å². The van der Waals surface area contributed by atoms with Crippen LogP contribution >= 0.6 is 8.51 Å². The van der Waals surface area contributed by atoms with Crippen molar-refractivity contribution >= 4 is 36.2 Å². The summed E-state index contributed by atoms with van der Waals surface area (Å²) in [4.78, 5) is 0. The maximum absolute atomic E-state index is 14.4. The maximum atomic E-state index is 14.4. The summed E-state index contributed by atoms with van der Waals surface area (Å²) in [5.74, 6) is 0. The minimum atomic E-state index is -6.39. The fourth-order valence-electron chi connectivity index (χ4n) is 7.47. The van der Waals surface area contributed by atoms with Crippen molar-refractivity contribution in [3.05, 3.63) is 130 Å². The number of rotatable bonds is 6. The molecule has 45 heavy (non-hydrogen) atoms. The molecule has 2 aliphatic carbocycles. The van der Waals surface area contributed by atoms with Crippen molar-refractivity contribution in [2.24, 2.45) is 0 Å². The molecule has 2 aliphatic rings. The molecule has 0 aliphatic heterocycles. The molecule has 0 saturated heterocycles. The van der Waals surface area contributed by atoms with Crippen LogP contribution in [0, 0.1) is 0 Å². The molecule has 0 N–H and O–H groups in total. The van der Waals surface area contributed by atoms with Crippen molar-refractivity contribution in [1.82, 2.24) is 0 Å². The summed E-state index contributed by atoms with van der Waals surface area (Å²) in [5, 5.41) is 0. The first-order valence-corrected chi connectivity index (χ1v) is 29.2. The summed E-state index contributed by atoms with van der Waals surface area (Å²) in [5.41, 5.74) is 0.515. The van der Waals surface area contributed by atoms with E-state index >= 15 is 0 Å². The van der Waals surface area contributed by atoms with Crippen molar-refractivity contribution in [2.75, 3.05) is 0 Å². The van der Waals surface area contributed by atoms with Gasteiger partial charge in [-0.15, -0.1) is 0 Å². The van der Waals surface area contributed by atoms with E-state index in [1.807, 2.05) is 136 Å². The van der Waals surface area contributed by atoms with E-state index in [1.54, 1.807) is 0 Å². The Morgan fingerprint density at radius 1 is 0.689 bits per heavy atom. The number of hydrogen-bond acceptors (Lipinski definition) is 3. The van der Waals surface area contributed by atoms with Gasteiger partial charge in [-0.3, -0.25) is 0 Å². The van der Waals surface area contributed by atoms with Gasteiger partial charge in [-0.05, 0) is 0 Å². The quantitative estimate of drug-likeness (QED) is 0.146. The molecule has 0 amide bonds. The number of allylic oxidation sites excluding steroid dienone is 2. The van der Waals surface area contributed by atoms with Gasteiger partial charge in [0.25, 0.3) is 0 Å². The molecule has 0 heterocycles. The second-order valence-electron chi connectivity index (χ2n) is 12.2. The molecule has 0 saturated carbocycles. The average molecular weight is 744 g/mol. The van der Waals surface area contributed by atoms with Gasteiger partial charge in [0, 0.05) is 0 Å². The van der Waals surface area contributed by atoms with Gasteiger partial charge in [-0.2, -0.15) is 0 Å². The van der Waals surface area contributed by atoms with Crippen LogP contribution in [-0.4, -0.2) is 19.4 Å². The Morgan fingerprint density at radius 2 is 1.09 bits per heavy atom. The molecule has 6 rings (SSSR count). The molecule has 4 aromatic rings. The number of hydrogen-bond donors (Lipinski definition) is 0. The second-order valence-corrected chi connectivity index (χ2v) is 45.5. The van der Waals surface area contributed by atoms with E-state index in [4.69, 9.17) is 10.8 Å². The third-order valence-corrected chi connectivity index (χ3v) is 55.2. The summed E-state index contributed by atoms with van der Waals surface area (Å²) in [6.07, 6.45) is 3.92. The zero-order chi connectivity index (χ0) is 32.4. The predicted octanol–water partition coefficient (Wildman–Crippen LogP) is 10.5. The van der Waals surface area contributed by atoms with Gasteiger partial charge in [0.05, 0.1) is 0 Å². The molecular weight excluding hydrogens is 712 g/mol. The molecule has 0 fully saturated rings. The van der Waals surface area contributed by atoms with Gasteiger partial charge < -0.3 is 0 Å². The second kappa shape index (κ2) is 11.3. The molecular formula is C35H32ClF3O3SSiZr. The van der Waals surface area contributed by atoms with E-state index in [-0.39, 0.29) is 0 Å². The fraction of sp³-hybridized carbons (Fsp3) is 0.200. The van der Waals surface area contributed by atoms with E-state index in [2.05, 4.69) is 0 Å². The van der Waals surface area contributed by atoms with E-state index in [0.29, 0.717) is 0 Å². The SMILES string of the molecule is CC1=Cc2c(-c3ccccc3)cccc2[CH]1[Zr]([Cl])([O]S(=O)(=O)C(F)(F)F)([CH]1C(C)=Cc2c(-c3ccccc3)cccc21)=[Si](C)C. The van der Waals surface area contributed by atoms with Crippen LogP contribution in [0.4, 0.5) is 13.2 Å². The normalized spacial score (nSPS) is 18.2. The fourth-order valence-corrected chi connectivity index (χ4v) is 48.5. The molecule has 2 atom stereocenters. The molecule has 0 aromatic heterocycles. The van der Waals surface area contributed by atoms with Crippen molar-refractivity contribution in [2.45, 2.75) is 39.7 Å². The van der Waals surface area contributed by atoms with Crippen molar-refractivity contribution in [1.29, 1.82) is 0 Å². The molecule has 2 unspecified atom stereocenters. The molecule has 4 aromatic carbocycles. The van der Waals surface area contributed by atoms with Crippen LogP contribution in [0.2, 0.25) is 13.1 Å². The summed E-state index contributed by atoms with van der Waals surface area (Å²) >= 11 is -6.39. The van der Waals surface area contributed by atoms with Crippen LogP contribution in [0.5, 0.6) is 0 Å². The number of halogens is 4. The van der Waals surface area contributed by atoms with Crippen LogP contribution in [0.15, 0.2) is 108 Å². The average Bonchev–Trinajstić information content (AvgIpc) is 3.53. The van der Waals surface area contributed by atoms with E-state index in [0.717, 1.165) is 55.7 Å². The standard InChI is InChI=1S/2C16H13.C2H6Si.CHF3O3S.ClH.Zr/c2*1-12-10-14-8-5-9-15(16(14)11-12)13-6-3-2-4-7-13;1-3-2;2-1(3,4)8(5,6)7;;/h2*2-11H,1H3;1-2H3;(H,5,6,7);1H;/q;;;;;+2/p-2. The predicted molar refractivity (Wildman–Crippen MR) is 176 cm³/mol. The van der Waals surface area contributed by atoms with Gasteiger partial charge in [-0.25, -0.2) is 0 Å². The number of fused-ring (bicyclic) bond motifs is 2. The Morgan fingerprint density at radius 3 is 1.44 bits per heavy atom. The van der Waals surface area contributed by atoms with E-state index < -0.39 is 45.0 Å². The van der Waals surface area contributed by atoms with E-state index in [1.165, 1.54) is 0 Å². The Hall–Kier alpha value is -2.55. The minimum absolute atomic E-state index is 0.720. The topological polar surface area (TPSA) is 43.4 Å². The van der Waals surface area contributed by atoms with Gasteiger partial charge >= 0.3 is 269 Å². The zero-order valence-corrected chi connectivity index (χ0v) is 30.2. The van der Waals surface area contributed by atoms with Crippen LogP contribution < -0.4 is 0 Å². The Labute approximate surface area is 267 Å². The summed E-state index contributed by atoms with van der Waals surface area (Å²) < 4.78 is 74.0. The first-order chi connectivity index (χ1) is 21.2. The summed E-state index contributed by atoms with van der Waals surface area (Å²) in [7, 11) is 2.07. The molecule has 0 radical (unpaired) electrons. The van der Waals surface area contributed by atoms with Crippen LogP contribution in [0.25, 0.3) is 34.4 Å². The zero-order valence-electron chi connectivity index (χ0n) is 25.2. The third-order valence-electron chi connectivity index (χ3n) is 9.33. The van der Waals surface area contributed by atoms with Crippen LogP contribution in [-0.2, 0) is 29.0 Å². The van der Waals surface area contributed by atoms with Crippen molar-refractivity contribution < 1.29 is 40.5 Å². The first kappa shape index (κ1) is 32.4. The van der Waals surface area contributed by atoms with Gasteiger partial charge in [-0.1, -0.05) is 0 Å². The molecule has 3 nitrogen and oxygen atoms in total. The monoisotopic (exact) mass is 742 g/mol. The number of alkyl halides is 3. The molecule has 0 bridgehead atoms. The van der Waals surface area contributed by atoms with Crippen molar-refractivity contribution in [3.8, 4) is 22.3 Å². The summed E-state index contributed by atoms with van der Waals surface area (Å²) in [6, 6.07) is 30.9. The van der Waals surface area contributed by atoms with Gasteiger partial charge in [0.15, 0.2) is 0 Å². The molecule has 0 spiro atoms. The van der Waals surface area contributed by atoms with Gasteiger partial charge in [0.1, 0.15) is 0 Å². The first-order valence-electron chi connectivity index (χ1n) is 14.6. The van der Waals surface area contributed by atoms with Crippen molar-refractivity contribution in [3.63, 3.8) is 0 Å². The third kappa shape index (κ3) is 5.01. The molecule has 232 valence electrons. The summed E-state index contributed by atoms with van der Waals surface area (Å²) in [6.45, 7) is 7.35. The van der Waals surface area contributed by atoms with Crippen LogP contribution in [0.1, 0.15) is 43.4 Å². The Bertz CT molecular complexity index is 1970. The molecule has 10 heteroatoms. The Balaban J connectivity index is 1.70. The Kier molecular flexibility index (Phi) is 8.14. The van der Waals surface area contributed by atoms with Gasteiger partial charge in [0.2, 0.25) is 0 Å². The number of benzene rings is 4.